The van der Waals surface area contributed by atoms with Crippen LogP contribution in [0.2, 0.25) is 0 Å². The lowest BCUT2D eigenvalue weighted by atomic mass is 10.2. The summed E-state index contributed by atoms with van der Waals surface area (Å²) in [4.78, 5) is 15.4. The molecule has 0 saturated carbocycles. The molecule has 2 N–H and O–H groups in total. The van der Waals surface area contributed by atoms with E-state index in [4.69, 9.17) is 4.74 Å². The zero-order chi connectivity index (χ0) is 13.8. The number of anilines is 1. The van der Waals surface area contributed by atoms with Crippen molar-refractivity contribution in [2.75, 3.05) is 19.0 Å². The van der Waals surface area contributed by atoms with Crippen LogP contribution in [0.4, 0.5) is 5.82 Å². The van der Waals surface area contributed by atoms with Crippen LogP contribution in [0.1, 0.15) is 12.1 Å². The number of aromatic nitrogens is 3. The number of hydrogen-bond acceptors (Lipinski definition) is 5. The monoisotopic (exact) mass is 264 g/mol. The predicted molar refractivity (Wildman–Crippen MR) is 69.3 cm³/mol. The molecule has 2 aromatic rings. The summed E-state index contributed by atoms with van der Waals surface area (Å²) in [5, 5.41) is 16.3. The second-order valence-corrected chi connectivity index (χ2v) is 4.21. The minimum Gasteiger partial charge on any atom is -0.480 e. The van der Waals surface area contributed by atoms with Crippen LogP contribution in [0.25, 0.3) is 5.52 Å². The van der Waals surface area contributed by atoms with Gasteiger partial charge in [0.2, 0.25) is 0 Å². The normalized spacial score (nSPS) is 12.5. The molecule has 2 heterocycles. The number of fused-ring (bicyclic) bond motifs is 1. The minimum absolute atomic E-state index is 0.363. The van der Waals surface area contributed by atoms with Crippen molar-refractivity contribution in [2.45, 2.75) is 19.4 Å². The van der Waals surface area contributed by atoms with Crippen LogP contribution in [0, 0.1) is 6.92 Å². The highest BCUT2D eigenvalue weighted by Crippen LogP contribution is 2.16. The van der Waals surface area contributed by atoms with Gasteiger partial charge in [-0.1, -0.05) is 0 Å². The van der Waals surface area contributed by atoms with E-state index < -0.39 is 12.0 Å². The maximum Gasteiger partial charge on any atom is 0.326 e. The first-order valence-electron chi connectivity index (χ1n) is 5.91. The quantitative estimate of drug-likeness (QED) is 0.807. The summed E-state index contributed by atoms with van der Waals surface area (Å²) >= 11 is 0. The molecule has 0 aliphatic carbocycles. The summed E-state index contributed by atoms with van der Waals surface area (Å²) in [6, 6.07) is 1.11. The highest BCUT2D eigenvalue weighted by atomic mass is 16.5. The van der Waals surface area contributed by atoms with E-state index in [0.717, 1.165) is 11.2 Å². The van der Waals surface area contributed by atoms with E-state index in [9.17, 15) is 9.90 Å². The lowest BCUT2D eigenvalue weighted by Crippen LogP contribution is -2.31. The molecule has 0 aliphatic rings. The number of nitrogens with zero attached hydrogens (tertiary/aromatic N) is 3. The lowest BCUT2D eigenvalue weighted by molar-refractivity contribution is -0.138. The van der Waals surface area contributed by atoms with E-state index >= 15 is 0 Å². The smallest absolute Gasteiger partial charge is 0.326 e. The number of rotatable bonds is 6. The summed E-state index contributed by atoms with van der Waals surface area (Å²) < 4.78 is 6.58. The van der Waals surface area contributed by atoms with Crippen molar-refractivity contribution in [3.8, 4) is 0 Å². The SMILES string of the molecule is COCCC(Nc1nccn2nc(C)cc12)C(=O)O. The average Bonchev–Trinajstić information content (AvgIpc) is 2.75. The number of carbonyl (C=O) groups is 1. The number of aryl methyl sites for hydroxylation is 1. The number of nitrogens with one attached hydrogen (secondary N) is 1. The van der Waals surface area contributed by atoms with Crippen molar-refractivity contribution >= 4 is 17.3 Å². The van der Waals surface area contributed by atoms with Gasteiger partial charge in [-0.25, -0.2) is 14.3 Å². The molecule has 19 heavy (non-hydrogen) atoms. The van der Waals surface area contributed by atoms with Crippen LogP contribution in [-0.4, -0.2) is 45.4 Å². The number of aliphatic carboxylic acids is 1. The fourth-order valence-corrected chi connectivity index (χ4v) is 1.81. The van der Waals surface area contributed by atoms with Gasteiger partial charge in [-0.05, 0) is 13.0 Å². The van der Waals surface area contributed by atoms with Gasteiger partial charge in [-0.2, -0.15) is 5.10 Å². The van der Waals surface area contributed by atoms with Crippen molar-refractivity contribution in [3.05, 3.63) is 24.2 Å². The topological polar surface area (TPSA) is 88.8 Å². The van der Waals surface area contributed by atoms with Crippen molar-refractivity contribution in [3.63, 3.8) is 0 Å². The second kappa shape index (κ2) is 5.66. The molecule has 102 valence electrons. The summed E-state index contributed by atoms with van der Waals surface area (Å²) in [5.41, 5.74) is 1.60. The molecule has 7 nitrogen and oxygen atoms in total. The number of hydrogen-bond donors (Lipinski definition) is 2. The molecule has 0 aliphatic heterocycles. The molecule has 1 atom stereocenters. The Morgan fingerprint density at radius 3 is 3.11 bits per heavy atom. The van der Waals surface area contributed by atoms with Crippen molar-refractivity contribution in [2.24, 2.45) is 0 Å². The molecule has 0 bridgehead atoms. The second-order valence-electron chi connectivity index (χ2n) is 4.21. The number of carboxylic acids is 1. The Morgan fingerprint density at radius 2 is 2.42 bits per heavy atom. The molecule has 0 aromatic carbocycles. The third-order valence-corrected chi connectivity index (χ3v) is 2.73. The van der Waals surface area contributed by atoms with Crippen LogP contribution in [0.5, 0.6) is 0 Å². The van der Waals surface area contributed by atoms with Crippen molar-refractivity contribution in [1.29, 1.82) is 0 Å². The van der Waals surface area contributed by atoms with Gasteiger partial charge < -0.3 is 15.2 Å². The van der Waals surface area contributed by atoms with Crippen LogP contribution < -0.4 is 5.32 Å². The Morgan fingerprint density at radius 1 is 1.63 bits per heavy atom. The Balaban J connectivity index is 2.25. The van der Waals surface area contributed by atoms with Crippen LogP contribution in [0.3, 0.4) is 0 Å². The highest BCUT2D eigenvalue weighted by Gasteiger charge is 2.18. The Hall–Kier alpha value is -2.15. The van der Waals surface area contributed by atoms with Crippen LogP contribution in [0.15, 0.2) is 18.5 Å². The highest BCUT2D eigenvalue weighted by molar-refractivity contribution is 5.79. The van der Waals surface area contributed by atoms with E-state index in [0.29, 0.717) is 18.8 Å². The van der Waals surface area contributed by atoms with E-state index in [1.807, 2.05) is 13.0 Å². The fraction of sp³-hybridized carbons (Fsp3) is 0.417. The summed E-state index contributed by atoms with van der Waals surface area (Å²) in [7, 11) is 1.54. The van der Waals surface area contributed by atoms with Gasteiger partial charge in [0.15, 0.2) is 5.82 Å². The third kappa shape index (κ3) is 3.00. The van der Waals surface area contributed by atoms with Gasteiger partial charge in [-0.15, -0.1) is 0 Å². The molecule has 0 saturated heterocycles. The zero-order valence-electron chi connectivity index (χ0n) is 10.8. The predicted octanol–water partition coefficient (Wildman–Crippen LogP) is 0.939. The van der Waals surface area contributed by atoms with Crippen LogP contribution in [-0.2, 0) is 9.53 Å². The third-order valence-electron chi connectivity index (χ3n) is 2.73. The Kier molecular flexibility index (Phi) is 3.96. The summed E-state index contributed by atoms with van der Waals surface area (Å²) in [6.07, 6.45) is 3.66. The molecular formula is C12H16N4O3. The summed E-state index contributed by atoms with van der Waals surface area (Å²) in [6.45, 7) is 2.24. The Labute approximate surface area is 110 Å². The number of methoxy groups -OCH3 is 1. The van der Waals surface area contributed by atoms with Gasteiger partial charge in [0, 0.05) is 32.5 Å². The first kappa shape index (κ1) is 13.3. The van der Waals surface area contributed by atoms with E-state index in [1.165, 1.54) is 7.11 Å². The van der Waals surface area contributed by atoms with E-state index in [-0.39, 0.29) is 0 Å². The average molecular weight is 264 g/mol. The first-order chi connectivity index (χ1) is 9.11. The van der Waals surface area contributed by atoms with E-state index in [2.05, 4.69) is 15.4 Å². The fourth-order valence-electron chi connectivity index (χ4n) is 1.81. The molecule has 7 heteroatoms. The molecule has 2 aromatic heterocycles. The molecule has 0 amide bonds. The first-order valence-corrected chi connectivity index (χ1v) is 5.91. The maximum atomic E-state index is 11.2. The molecule has 1 unspecified atom stereocenters. The van der Waals surface area contributed by atoms with Gasteiger partial charge in [0.05, 0.1) is 5.69 Å². The van der Waals surface area contributed by atoms with Gasteiger partial charge >= 0.3 is 5.97 Å². The van der Waals surface area contributed by atoms with Gasteiger partial charge in [-0.3, -0.25) is 0 Å². The minimum atomic E-state index is -0.933. The lowest BCUT2D eigenvalue weighted by Gasteiger charge is -2.15. The number of carboxylic acid groups (broad SMARTS) is 1. The molecule has 0 fully saturated rings. The van der Waals surface area contributed by atoms with Gasteiger partial charge in [0.1, 0.15) is 11.6 Å². The van der Waals surface area contributed by atoms with Crippen LogP contribution >= 0.6 is 0 Å². The summed E-state index contributed by atoms with van der Waals surface area (Å²) in [5.74, 6) is -0.427. The number of ether oxygens (including phenoxy) is 1. The molecule has 2 rings (SSSR count). The molecule has 0 radical (unpaired) electrons. The van der Waals surface area contributed by atoms with Crippen molar-refractivity contribution in [1.82, 2.24) is 14.6 Å². The Bertz CT molecular complexity index is 581. The van der Waals surface area contributed by atoms with Crippen molar-refractivity contribution < 1.29 is 14.6 Å². The maximum absolute atomic E-state index is 11.2. The molecular weight excluding hydrogens is 248 g/mol. The van der Waals surface area contributed by atoms with E-state index in [1.54, 1.807) is 16.9 Å². The largest absolute Gasteiger partial charge is 0.480 e. The van der Waals surface area contributed by atoms with Gasteiger partial charge in [0.25, 0.3) is 0 Å². The zero-order valence-corrected chi connectivity index (χ0v) is 10.8. The molecule has 0 spiro atoms. The standard InChI is InChI=1S/C12H16N4O3/c1-8-7-10-11(13-4-5-16(10)15-8)14-9(12(17)18)3-6-19-2/h4-5,7,9H,3,6H2,1-2H3,(H,13,14)(H,17,18).